The van der Waals surface area contributed by atoms with Crippen LogP contribution in [0.3, 0.4) is 0 Å². The molecule has 2 nitrogen and oxygen atoms in total. The average Bonchev–Trinajstić information content (AvgIpc) is 2.35. The van der Waals surface area contributed by atoms with Crippen LogP contribution >= 0.6 is 0 Å². The highest BCUT2D eigenvalue weighted by Crippen LogP contribution is 2.33. The molecule has 0 amide bonds. The zero-order valence-electron chi connectivity index (χ0n) is 11.1. The fraction of sp³-hybridized carbons (Fsp3) is 0.600. The van der Waals surface area contributed by atoms with Crippen molar-refractivity contribution in [2.45, 2.75) is 50.7 Å². The summed E-state index contributed by atoms with van der Waals surface area (Å²) in [6, 6.07) is 4.77. The number of benzene rings is 1. The van der Waals surface area contributed by atoms with Gasteiger partial charge in [0.05, 0.1) is 11.7 Å². The highest BCUT2D eigenvalue weighted by Gasteiger charge is 2.33. The predicted octanol–water partition coefficient (Wildman–Crippen LogP) is 3.00. The Labute approximate surface area is 108 Å². The number of ether oxygens (including phenoxy) is 1. The fourth-order valence-electron chi connectivity index (χ4n) is 2.73. The third-order valence-corrected chi connectivity index (χ3v) is 4.03. The molecule has 0 aromatic heterocycles. The van der Waals surface area contributed by atoms with E-state index in [0.29, 0.717) is 6.42 Å². The number of hydrogen-bond donors (Lipinski definition) is 1. The van der Waals surface area contributed by atoms with E-state index in [-0.39, 0.29) is 11.9 Å². The lowest BCUT2D eigenvalue weighted by atomic mass is 9.78. The van der Waals surface area contributed by atoms with Crippen LogP contribution < -0.4 is 0 Å². The van der Waals surface area contributed by atoms with Crippen LogP contribution in [-0.4, -0.2) is 23.9 Å². The van der Waals surface area contributed by atoms with E-state index in [9.17, 15) is 9.50 Å². The maximum absolute atomic E-state index is 13.2. The Kier molecular flexibility index (Phi) is 4.03. The van der Waals surface area contributed by atoms with Gasteiger partial charge in [-0.05, 0) is 55.9 Å². The van der Waals surface area contributed by atoms with Crippen LogP contribution in [0, 0.1) is 12.7 Å². The van der Waals surface area contributed by atoms with Gasteiger partial charge < -0.3 is 9.84 Å². The van der Waals surface area contributed by atoms with E-state index >= 15 is 0 Å². The van der Waals surface area contributed by atoms with Crippen LogP contribution in [-0.2, 0) is 11.2 Å². The largest absolute Gasteiger partial charge is 0.390 e. The van der Waals surface area contributed by atoms with Gasteiger partial charge in [-0.3, -0.25) is 0 Å². The lowest BCUT2D eigenvalue weighted by Crippen LogP contribution is -2.38. The number of aryl methyl sites for hydroxylation is 1. The van der Waals surface area contributed by atoms with Crippen LogP contribution in [0.15, 0.2) is 18.2 Å². The summed E-state index contributed by atoms with van der Waals surface area (Å²) in [5, 5.41) is 10.6. The second kappa shape index (κ2) is 5.37. The van der Waals surface area contributed by atoms with Crippen molar-refractivity contribution < 1.29 is 14.2 Å². The first kappa shape index (κ1) is 13.5. The normalized spacial score (nSPS) is 28.3. The number of halogens is 1. The molecule has 0 radical (unpaired) electrons. The van der Waals surface area contributed by atoms with Gasteiger partial charge in [0, 0.05) is 13.5 Å². The molecule has 18 heavy (non-hydrogen) atoms. The Morgan fingerprint density at radius 3 is 2.67 bits per heavy atom. The molecular formula is C15H21FO2. The van der Waals surface area contributed by atoms with Crippen molar-refractivity contribution in [2.75, 3.05) is 7.11 Å². The number of hydrogen-bond acceptors (Lipinski definition) is 2. The van der Waals surface area contributed by atoms with E-state index in [1.54, 1.807) is 13.2 Å². The summed E-state index contributed by atoms with van der Waals surface area (Å²) in [6.45, 7) is 1.96. The van der Waals surface area contributed by atoms with Crippen molar-refractivity contribution in [3.63, 3.8) is 0 Å². The van der Waals surface area contributed by atoms with Gasteiger partial charge in [-0.25, -0.2) is 4.39 Å². The van der Waals surface area contributed by atoms with Crippen molar-refractivity contribution in [1.82, 2.24) is 0 Å². The Morgan fingerprint density at radius 1 is 1.39 bits per heavy atom. The number of methoxy groups -OCH3 is 1. The minimum absolute atomic E-state index is 0.232. The van der Waals surface area contributed by atoms with Gasteiger partial charge >= 0.3 is 0 Å². The molecule has 1 aromatic rings. The second-order valence-electron chi connectivity index (χ2n) is 5.41. The third kappa shape index (κ3) is 3.09. The van der Waals surface area contributed by atoms with Gasteiger partial charge in [-0.1, -0.05) is 6.07 Å². The van der Waals surface area contributed by atoms with E-state index in [1.165, 1.54) is 12.1 Å². The summed E-state index contributed by atoms with van der Waals surface area (Å²) in [4.78, 5) is 0. The second-order valence-corrected chi connectivity index (χ2v) is 5.41. The summed E-state index contributed by atoms with van der Waals surface area (Å²) in [5.74, 6) is -0.232. The van der Waals surface area contributed by atoms with Gasteiger partial charge in [-0.2, -0.15) is 0 Å². The van der Waals surface area contributed by atoms with Gasteiger partial charge in [0.15, 0.2) is 0 Å². The minimum atomic E-state index is -0.701. The SMILES string of the molecule is COC1CCC(O)(Cc2cc(F)ccc2C)CC1. The Bertz CT molecular complexity index is 409. The molecule has 1 aromatic carbocycles. The first-order valence-electron chi connectivity index (χ1n) is 6.53. The molecule has 0 spiro atoms. The van der Waals surface area contributed by atoms with Crippen molar-refractivity contribution in [3.05, 3.63) is 35.1 Å². The summed E-state index contributed by atoms with van der Waals surface area (Å²) in [6.07, 6.45) is 4.00. The molecule has 0 unspecified atom stereocenters. The van der Waals surface area contributed by atoms with Crippen LogP contribution in [0.25, 0.3) is 0 Å². The standard InChI is InChI=1S/C15H21FO2/c1-11-3-4-13(16)9-12(11)10-15(17)7-5-14(18-2)6-8-15/h3-4,9,14,17H,5-8,10H2,1-2H3. The van der Waals surface area contributed by atoms with Crippen LogP contribution in [0.4, 0.5) is 4.39 Å². The molecule has 0 saturated heterocycles. The van der Waals surface area contributed by atoms with E-state index in [1.807, 2.05) is 6.92 Å². The van der Waals surface area contributed by atoms with E-state index in [2.05, 4.69) is 0 Å². The minimum Gasteiger partial charge on any atom is -0.390 e. The Morgan fingerprint density at radius 2 is 2.06 bits per heavy atom. The Balaban J connectivity index is 2.06. The predicted molar refractivity (Wildman–Crippen MR) is 69.1 cm³/mol. The van der Waals surface area contributed by atoms with Crippen molar-refractivity contribution in [2.24, 2.45) is 0 Å². The summed E-state index contributed by atoms with van der Waals surface area (Å²) < 4.78 is 18.5. The number of rotatable bonds is 3. The molecule has 1 N–H and O–H groups in total. The van der Waals surface area contributed by atoms with Crippen LogP contribution in [0.1, 0.15) is 36.8 Å². The molecule has 3 heteroatoms. The quantitative estimate of drug-likeness (QED) is 0.896. The summed E-state index contributed by atoms with van der Waals surface area (Å²) in [5.41, 5.74) is 1.25. The average molecular weight is 252 g/mol. The molecule has 1 saturated carbocycles. The van der Waals surface area contributed by atoms with Crippen molar-refractivity contribution in [3.8, 4) is 0 Å². The molecule has 1 aliphatic carbocycles. The van der Waals surface area contributed by atoms with E-state index < -0.39 is 5.60 Å². The van der Waals surface area contributed by atoms with Crippen LogP contribution in [0.5, 0.6) is 0 Å². The monoisotopic (exact) mass is 252 g/mol. The van der Waals surface area contributed by atoms with Gasteiger partial charge in [0.2, 0.25) is 0 Å². The maximum atomic E-state index is 13.2. The van der Waals surface area contributed by atoms with Gasteiger partial charge in [0.25, 0.3) is 0 Å². The number of aliphatic hydroxyl groups is 1. The van der Waals surface area contributed by atoms with Crippen molar-refractivity contribution in [1.29, 1.82) is 0 Å². The lowest BCUT2D eigenvalue weighted by molar-refractivity contribution is -0.0428. The molecular weight excluding hydrogens is 231 g/mol. The zero-order valence-corrected chi connectivity index (χ0v) is 11.1. The Hall–Kier alpha value is -0.930. The molecule has 1 aliphatic rings. The lowest BCUT2D eigenvalue weighted by Gasteiger charge is -2.36. The van der Waals surface area contributed by atoms with E-state index in [0.717, 1.165) is 36.8 Å². The third-order valence-electron chi connectivity index (χ3n) is 4.03. The topological polar surface area (TPSA) is 29.5 Å². The molecule has 0 bridgehead atoms. The highest BCUT2D eigenvalue weighted by molar-refractivity contribution is 5.28. The smallest absolute Gasteiger partial charge is 0.123 e. The molecule has 0 atom stereocenters. The zero-order chi connectivity index (χ0) is 13.2. The molecule has 1 fully saturated rings. The van der Waals surface area contributed by atoms with E-state index in [4.69, 9.17) is 4.74 Å². The molecule has 0 heterocycles. The maximum Gasteiger partial charge on any atom is 0.123 e. The van der Waals surface area contributed by atoms with Crippen molar-refractivity contribution >= 4 is 0 Å². The summed E-state index contributed by atoms with van der Waals surface area (Å²) in [7, 11) is 1.71. The molecule has 2 rings (SSSR count). The fourth-order valence-corrected chi connectivity index (χ4v) is 2.73. The van der Waals surface area contributed by atoms with Gasteiger partial charge in [0.1, 0.15) is 5.82 Å². The van der Waals surface area contributed by atoms with Crippen LogP contribution in [0.2, 0.25) is 0 Å². The molecule has 0 aliphatic heterocycles. The van der Waals surface area contributed by atoms with Gasteiger partial charge in [-0.15, -0.1) is 0 Å². The molecule has 100 valence electrons. The first-order chi connectivity index (χ1) is 8.52. The summed E-state index contributed by atoms with van der Waals surface area (Å²) >= 11 is 0. The highest BCUT2D eigenvalue weighted by atomic mass is 19.1. The first-order valence-corrected chi connectivity index (χ1v) is 6.53.